The summed E-state index contributed by atoms with van der Waals surface area (Å²) in [4.78, 5) is 29.8. The van der Waals surface area contributed by atoms with Gasteiger partial charge in [-0.2, -0.15) is 0 Å². The molecule has 0 spiro atoms. The Bertz CT molecular complexity index is 825. The number of piperazine rings is 1. The van der Waals surface area contributed by atoms with Crippen molar-refractivity contribution in [2.24, 2.45) is 0 Å². The number of rotatable bonds is 4. The Balaban J connectivity index is 1.16. The molecule has 0 radical (unpaired) electrons. The van der Waals surface area contributed by atoms with Gasteiger partial charge in [0.15, 0.2) is 0 Å². The van der Waals surface area contributed by atoms with E-state index in [1.807, 2.05) is 6.92 Å². The smallest absolute Gasteiger partial charge is 0.243 e. The van der Waals surface area contributed by atoms with E-state index < -0.39 is 6.04 Å². The fourth-order valence-corrected chi connectivity index (χ4v) is 5.44. The number of carbonyl (C=O) groups is 2. The number of halogens is 1. The van der Waals surface area contributed by atoms with E-state index in [0.29, 0.717) is 30.6 Å². The highest BCUT2D eigenvalue weighted by molar-refractivity contribution is 5.88. The fraction of sp³-hybridized carbons (Fsp3) is 0.652. The average Bonchev–Trinajstić information content (AvgIpc) is 3.47. The van der Waals surface area contributed by atoms with Crippen molar-refractivity contribution >= 4 is 17.5 Å². The Morgan fingerprint density at radius 3 is 2.73 bits per heavy atom. The van der Waals surface area contributed by atoms with Crippen LogP contribution in [-0.4, -0.2) is 65.4 Å². The molecule has 1 unspecified atom stereocenters. The van der Waals surface area contributed by atoms with Crippen LogP contribution >= 0.6 is 0 Å². The predicted molar refractivity (Wildman–Crippen MR) is 113 cm³/mol. The van der Waals surface area contributed by atoms with E-state index in [1.54, 1.807) is 6.07 Å². The third-order valence-corrected chi connectivity index (χ3v) is 7.29. The molecule has 2 heterocycles. The standard InChI is InChI=1S/C23H31FN4O2/c1-14-5-8-19(24)18-12-20(26-22(14)18)23(30)25-15-3-2-4-17(11-15)27-9-10-28(16-6-7-16)21(29)13-27/h5,8,15-17,20,26H,2-4,6-7,9-13H2,1H3,(H,25,30)/t15-,17-,20?/m1/s1. The van der Waals surface area contributed by atoms with E-state index in [9.17, 15) is 14.0 Å². The monoisotopic (exact) mass is 414 g/mol. The first-order valence-electron chi connectivity index (χ1n) is 11.4. The zero-order valence-electron chi connectivity index (χ0n) is 17.6. The highest BCUT2D eigenvalue weighted by Crippen LogP contribution is 2.33. The quantitative estimate of drug-likeness (QED) is 0.793. The van der Waals surface area contributed by atoms with E-state index in [0.717, 1.165) is 62.9 Å². The largest absolute Gasteiger partial charge is 0.373 e. The molecule has 2 saturated carbocycles. The molecule has 0 bridgehead atoms. The van der Waals surface area contributed by atoms with E-state index in [1.165, 1.54) is 6.07 Å². The van der Waals surface area contributed by atoms with Crippen molar-refractivity contribution in [3.8, 4) is 0 Å². The van der Waals surface area contributed by atoms with Crippen LogP contribution in [0.3, 0.4) is 0 Å². The molecule has 7 heteroatoms. The highest BCUT2D eigenvalue weighted by atomic mass is 19.1. The number of anilines is 1. The SMILES string of the molecule is Cc1ccc(F)c2c1NC(C(=O)N[C@@H]1CCC[C@@H](N3CCN(C4CC4)C(=O)C3)C1)C2. The molecule has 2 amide bonds. The van der Waals surface area contributed by atoms with Gasteiger partial charge in [-0.15, -0.1) is 0 Å². The molecule has 2 N–H and O–H groups in total. The second-order valence-electron chi connectivity index (χ2n) is 9.43. The normalized spacial score (nSPS) is 29.5. The highest BCUT2D eigenvalue weighted by Gasteiger charge is 2.39. The molecular formula is C23H31FN4O2. The van der Waals surface area contributed by atoms with Gasteiger partial charge in [-0.25, -0.2) is 4.39 Å². The summed E-state index contributed by atoms with van der Waals surface area (Å²) in [7, 11) is 0. The third-order valence-electron chi connectivity index (χ3n) is 7.29. The summed E-state index contributed by atoms with van der Waals surface area (Å²) in [5, 5.41) is 6.43. The maximum absolute atomic E-state index is 14.1. The third kappa shape index (κ3) is 3.80. The van der Waals surface area contributed by atoms with Crippen LogP contribution in [0.25, 0.3) is 0 Å². The second kappa shape index (κ2) is 7.84. The molecule has 2 aliphatic carbocycles. The molecule has 5 rings (SSSR count). The van der Waals surface area contributed by atoms with Crippen molar-refractivity contribution in [1.29, 1.82) is 0 Å². The van der Waals surface area contributed by atoms with E-state index in [-0.39, 0.29) is 23.7 Å². The van der Waals surface area contributed by atoms with Crippen LogP contribution in [0.15, 0.2) is 12.1 Å². The van der Waals surface area contributed by atoms with Gasteiger partial charge in [-0.1, -0.05) is 6.07 Å². The Morgan fingerprint density at radius 2 is 2.00 bits per heavy atom. The summed E-state index contributed by atoms with van der Waals surface area (Å²) in [6.45, 7) is 4.22. The number of hydrogen-bond donors (Lipinski definition) is 2. The summed E-state index contributed by atoms with van der Waals surface area (Å²) < 4.78 is 14.1. The summed E-state index contributed by atoms with van der Waals surface area (Å²) >= 11 is 0. The van der Waals surface area contributed by atoms with Gasteiger partial charge in [-0.3, -0.25) is 14.5 Å². The molecule has 1 aromatic rings. The van der Waals surface area contributed by atoms with Gasteiger partial charge in [0.2, 0.25) is 11.8 Å². The zero-order chi connectivity index (χ0) is 20.8. The molecule has 4 aliphatic rings. The molecule has 2 aliphatic heterocycles. The van der Waals surface area contributed by atoms with Gasteiger partial charge in [0.05, 0.1) is 6.54 Å². The zero-order valence-corrected chi connectivity index (χ0v) is 17.6. The fourth-order valence-electron chi connectivity index (χ4n) is 5.44. The van der Waals surface area contributed by atoms with E-state index >= 15 is 0 Å². The number of aryl methyl sites for hydroxylation is 1. The number of benzene rings is 1. The lowest BCUT2D eigenvalue weighted by atomic mass is 9.89. The first kappa shape index (κ1) is 19.8. The maximum atomic E-state index is 14.1. The molecule has 3 atom stereocenters. The average molecular weight is 415 g/mol. The van der Waals surface area contributed by atoms with Crippen molar-refractivity contribution < 1.29 is 14.0 Å². The van der Waals surface area contributed by atoms with Crippen LogP contribution in [0, 0.1) is 12.7 Å². The lowest BCUT2D eigenvalue weighted by Crippen LogP contribution is -2.56. The number of hydrogen-bond acceptors (Lipinski definition) is 4. The molecular weight excluding hydrogens is 383 g/mol. The number of fused-ring (bicyclic) bond motifs is 1. The van der Waals surface area contributed by atoms with Crippen molar-refractivity contribution in [2.75, 3.05) is 25.0 Å². The maximum Gasteiger partial charge on any atom is 0.243 e. The lowest BCUT2D eigenvalue weighted by molar-refractivity contribution is -0.138. The topological polar surface area (TPSA) is 64.7 Å². The molecule has 3 fully saturated rings. The van der Waals surface area contributed by atoms with Crippen molar-refractivity contribution in [3.05, 3.63) is 29.1 Å². The molecule has 0 aromatic heterocycles. The van der Waals surface area contributed by atoms with Gasteiger partial charge in [-0.05, 0) is 57.1 Å². The summed E-state index contributed by atoms with van der Waals surface area (Å²) in [6.07, 6.45) is 6.69. The Hall–Kier alpha value is -2.15. The minimum Gasteiger partial charge on any atom is -0.373 e. The second-order valence-corrected chi connectivity index (χ2v) is 9.43. The molecule has 1 saturated heterocycles. The van der Waals surface area contributed by atoms with Crippen LogP contribution in [0.4, 0.5) is 10.1 Å². The molecule has 30 heavy (non-hydrogen) atoms. The Kier molecular flexibility index (Phi) is 5.17. The van der Waals surface area contributed by atoms with Gasteiger partial charge >= 0.3 is 0 Å². The van der Waals surface area contributed by atoms with Crippen molar-refractivity contribution in [3.63, 3.8) is 0 Å². The molecule has 1 aromatic carbocycles. The van der Waals surface area contributed by atoms with Crippen LogP contribution in [-0.2, 0) is 16.0 Å². The number of carbonyl (C=O) groups excluding carboxylic acids is 2. The summed E-state index contributed by atoms with van der Waals surface area (Å²) in [6, 6.07) is 3.77. The summed E-state index contributed by atoms with van der Waals surface area (Å²) in [5.74, 6) is -0.0309. The molecule has 6 nitrogen and oxygen atoms in total. The molecule has 162 valence electrons. The summed E-state index contributed by atoms with van der Waals surface area (Å²) in [5.41, 5.74) is 2.35. The Labute approximate surface area is 177 Å². The number of amides is 2. The van der Waals surface area contributed by atoms with E-state index in [2.05, 4.69) is 20.4 Å². The number of nitrogens with zero attached hydrogens (tertiary/aromatic N) is 2. The van der Waals surface area contributed by atoms with Crippen LogP contribution < -0.4 is 10.6 Å². The van der Waals surface area contributed by atoms with Crippen molar-refractivity contribution in [1.82, 2.24) is 15.1 Å². The van der Waals surface area contributed by atoms with Gasteiger partial charge in [0.1, 0.15) is 11.9 Å². The van der Waals surface area contributed by atoms with Crippen molar-refractivity contribution in [2.45, 2.75) is 76.0 Å². The first-order chi connectivity index (χ1) is 14.5. The minimum atomic E-state index is -0.417. The van der Waals surface area contributed by atoms with E-state index in [4.69, 9.17) is 0 Å². The van der Waals surface area contributed by atoms with Gasteiger partial charge in [0.25, 0.3) is 0 Å². The van der Waals surface area contributed by atoms with Crippen LogP contribution in [0.1, 0.15) is 49.7 Å². The first-order valence-corrected chi connectivity index (χ1v) is 11.4. The van der Waals surface area contributed by atoms with Gasteiger partial charge in [0, 0.05) is 48.9 Å². The van der Waals surface area contributed by atoms with Crippen LogP contribution in [0.5, 0.6) is 0 Å². The van der Waals surface area contributed by atoms with Crippen LogP contribution in [0.2, 0.25) is 0 Å². The minimum absolute atomic E-state index is 0.0507. The predicted octanol–water partition coefficient (Wildman–Crippen LogP) is 2.20. The number of nitrogens with one attached hydrogen (secondary N) is 2. The lowest BCUT2D eigenvalue weighted by Gasteiger charge is -2.42. The van der Waals surface area contributed by atoms with Gasteiger partial charge < -0.3 is 15.5 Å². The Morgan fingerprint density at radius 1 is 1.17 bits per heavy atom.